The normalized spacial score (nSPS) is 25.0. The third kappa shape index (κ3) is 2.56. The molecule has 0 spiro atoms. The monoisotopic (exact) mass is 334 g/mol. The number of aromatic nitrogens is 2. The summed E-state index contributed by atoms with van der Waals surface area (Å²) in [5, 5.41) is 10.7. The van der Waals surface area contributed by atoms with Gasteiger partial charge in [-0.2, -0.15) is 5.10 Å². The largest absolute Gasteiger partial charge is 0.378 e. The van der Waals surface area contributed by atoms with Crippen molar-refractivity contribution in [2.24, 2.45) is 5.41 Å². The number of aromatic amines is 1. The van der Waals surface area contributed by atoms with Crippen molar-refractivity contribution in [1.29, 1.82) is 0 Å². The number of hydrogen-bond donors (Lipinski definition) is 2. The number of nitrogens with zero attached hydrogens (tertiary/aromatic N) is 2. The lowest BCUT2D eigenvalue weighted by Crippen LogP contribution is -2.64. The standard InChI is InChI=1S/C18H30N4O2/c1-5-18(6-2)14(10-15(18)24-7-3)22(4)17(23)16-12-11-19-9-8-13(12)20-21-16/h14-15,19H,5-11H2,1-4H3,(H,20,21). The van der Waals surface area contributed by atoms with E-state index < -0.39 is 0 Å². The molecule has 6 heteroatoms. The van der Waals surface area contributed by atoms with Crippen molar-refractivity contribution in [1.82, 2.24) is 20.4 Å². The Hall–Kier alpha value is -1.40. The summed E-state index contributed by atoms with van der Waals surface area (Å²) in [6.45, 7) is 8.85. The van der Waals surface area contributed by atoms with Gasteiger partial charge in [-0.25, -0.2) is 0 Å². The van der Waals surface area contributed by atoms with Crippen LogP contribution in [-0.2, 0) is 17.7 Å². The lowest BCUT2D eigenvalue weighted by atomic mass is 9.58. The Balaban J connectivity index is 1.80. The molecule has 0 radical (unpaired) electrons. The van der Waals surface area contributed by atoms with Gasteiger partial charge in [-0.3, -0.25) is 9.89 Å². The van der Waals surface area contributed by atoms with Gasteiger partial charge in [0.25, 0.3) is 5.91 Å². The second-order valence-electron chi connectivity index (χ2n) is 7.01. The summed E-state index contributed by atoms with van der Waals surface area (Å²) in [5.74, 6) is 0.0300. The SMILES string of the molecule is CCOC1CC(N(C)C(=O)c2n[nH]c3c2CNCC3)C1(CC)CC. The van der Waals surface area contributed by atoms with E-state index in [4.69, 9.17) is 4.74 Å². The average Bonchev–Trinajstić information content (AvgIpc) is 3.02. The molecule has 1 aliphatic carbocycles. The van der Waals surface area contributed by atoms with Crippen LogP contribution in [0, 0.1) is 5.41 Å². The lowest BCUT2D eigenvalue weighted by molar-refractivity contribution is -0.159. The number of fused-ring (bicyclic) bond motifs is 1. The molecule has 2 unspecified atom stereocenters. The Bertz CT molecular complexity index is 594. The molecule has 6 nitrogen and oxygen atoms in total. The Labute approximate surface area is 144 Å². The van der Waals surface area contributed by atoms with E-state index in [-0.39, 0.29) is 23.5 Å². The second kappa shape index (κ2) is 6.84. The molecular weight excluding hydrogens is 304 g/mol. The number of carbonyl (C=O) groups excluding carboxylic acids is 1. The maximum atomic E-state index is 13.1. The van der Waals surface area contributed by atoms with Gasteiger partial charge in [0.1, 0.15) is 0 Å². The maximum absolute atomic E-state index is 13.1. The van der Waals surface area contributed by atoms with Crippen LogP contribution in [0.1, 0.15) is 61.8 Å². The van der Waals surface area contributed by atoms with Crippen LogP contribution in [0.4, 0.5) is 0 Å². The predicted molar refractivity (Wildman–Crippen MR) is 92.9 cm³/mol. The van der Waals surface area contributed by atoms with Gasteiger partial charge in [0.2, 0.25) is 0 Å². The minimum absolute atomic E-state index is 0.0300. The first-order valence-corrected chi connectivity index (χ1v) is 9.24. The van der Waals surface area contributed by atoms with E-state index in [0.717, 1.165) is 56.6 Å². The van der Waals surface area contributed by atoms with Crippen LogP contribution in [0.3, 0.4) is 0 Å². The van der Waals surface area contributed by atoms with Crippen LogP contribution in [0.2, 0.25) is 0 Å². The smallest absolute Gasteiger partial charge is 0.274 e. The summed E-state index contributed by atoms with van der Waals surface area (Å²) >= 11 is 0. The molecule has 0 bridgehead atoms. The number of ether oxygens (including phenoxy) is 1. The maximum Gasteiger partial charge on any atom is 0.274 e. The van der Waals surface area contributed by atoms with Crippen LogP contribution >= 0.6 is 0 Å². The topological polar surface area (TPSA) is 70.2 Å². The van der Waals surface area contributed by atoms with Crippen molar-refractivity contribution in [3.05, 3.63) is 17.0 Å². The van der Waals surface area contributed by atoms with Crippen molar-refractivity contribution in [3.8, 4) is 0 Å². The molecule has 1 aromatic rings. The second-order valence-corrected chi connectivity index (χ2v) is 7.01. The van der Waals surface area contributed by atoms with Gasteiger partial charge in [-0.15, -0.1) is 0 Å². The average molecular weight is 334 g/mol. The lowest BCUT2D eigenvalue weighted by Gasteiger charge is -2.58. The van der Waals surface area contributed by atoms with Gasteiger partial charge < -0.3 is 15.0 Å². The highest BCUT2D eigenvalue weighted by atomic mass is 16.5. The molecule has 0 aromatic carbocycles. The molecular formula is C18H30N4O2. The fourth-order valence-corrected chi connectivity index (χ4v) is 4.59. The quantitative estimate of drug-likeness (QED) is 0.836. The van der Waals surface area contributed by atoms with Crippen LogP contribution in [-0.4, -0.2) is 53.3 Å². The third-order valence-corrected chi connectivity index (χ3v) is 6.22. The van der Waals surface area contributed by atoms with Gasteiger partial charge in [-0.05, 0) is 26.2 Å². The van der Waals surface area contributed by atoms with Crippen LogP contribution in [0.5, 0.6) is 0 Å². The molecule has 2 N–H and O–H groups in total. The van der Waals surface area contributed by atoms with E-state index in [0.29, 0.717) is 5.69 Å². The fraction of sp³-hybridized carbons (Fsp3) is 0.778. The van der Waals surface area contributed by atoms with Crippen LogP contribution in [0.25, 0.3) is 0 Å². The fourth-order valence-electron chi connectivity index (χ4n) is 4.59. The Morgan fingerprint density at radius 2 is 2.12 bits per heavy atom. The summed E-state index contributed by atoms with van der Waals surface area (Å²) in [6.07, 6.45) is 4.13. The molecule has 1 amide bonds. The van der Waals surface area contributed by atoms with Crippen molar-refractivity contribution >= 4 is 5.91 Å². The predicted octanol–water partition coefficient (Wildman–Crippen LogP) is 2.11. The van der Waals surface area contributed by atoms with E-state index in [2.05, 4.69) is 29.4 Å². The Morgan fingerprint density at radius 3 is 2.79 bits per heavy atom. The van der Waals surface area contributed by atoms with E-state index in [1.54, 1.807) is 0 Å². The van der Waals surface area contributed by atoms with Crippen LogP contribution < -0.4 is 5.32 Å². The highest BCUT2D eigenvalue weighted by Gasteiger charge is 2.56. The molecule has 2 heterocycles. The molecule has 134 valence electrons. The minimum Gasteiger partial charge on any atom is -0.378 e. The van der Waals surface area contributed by atoms with E-state index in [1.807, 2.05) is 18.9 Å². The van der Waals surface area contributed by atoms with Gasteiger partial charge >= 0.3 is 0 Å². The Morgan fingerprint density at radius 1 is 1.38 bits per heavy atom. The summed E-state index contributed by atoms with van der Waals surface area (Å²) in [7, 11) is 1.92. The summed E-state index contributed by atoms with van der Waals surface area (Å²) in [4.78, 5) is 15.0. The first-order valence-electron chi connectivity index (χ1n) is 9.24. The number of carbonyl (C=O) groups is 1. The highest BCUT2D eigenvalue weighted by molar-refractivity contribution is 5.94. The molecule has 24 heavy (non-hydrogen) atoms. The summed E-state index contributed by atoms with van der Waals surface area (Å²) < 4.78 is 5.95. The van der Waals surface area contributed by atoms with E-state index >= 15 is 0 Å². The number of hydrogen-bond acceptors (Lipinski definition) is 4. The number of H-pyrrole nitrogens is 1. The zero-order valence-corrected chi connectivity index (χ0v) is 15.3. The first kappa shape index (κ1) is 17.4. The number of rotatable bonds is 6. The van der Waals surface area contributed by atoms with Crippen molar-refractivity contribution in [2.45, 2.75) is 65.1 Å². The van der Waals surface area contributed by atoms with Crippen molar-refractivity contribution in [2.75, 3.05) is 20.2 Å². The number of nitrogens with one attached hydrogen (secondary N) is 2. The molecule has 1 saturated carbocycles. The molecule has 2 aliphatic rings. The molecule has 2 atom stereocenters. The van der Waals surface area contributed by atoms with Crippen LogP contribution in [0.15, 0.2) is 0 Å². The number of amides is 1. The van der Waals surface area contributed by atoms with Crippen molar-refractivity contribution < 1.29 is 9.53 Å². The van der Waals surface area contributed by atoms with Gasteiger partial charge in [0, 0.05) is 55.9 Å². The van der Waals surface area contributed by atoms with Crippen molar-refractivity contribution in [3.63, 3.8) is 0 Å². The molecule has 1 aromatic heterocycles. The third-order valence-electron chi connectivity index (χ3n) is 6.22. The van der Waals surface area contributed by atoms with E-state index in [9.17, 15) is 4.79 Å². The molecule has 1 aliphatic heterocycles. The minimum atomic E-state index is 0.0300. The van der Waals surface area contributed by atoms with E-state index in [1.165, 1.54) is 0 Å². The summed E-state index contributed by atoms with van der Waals surface area (Å²) in [5.41, 5.74) is 2.79. The first-order chi connectivity index (χ1) is 11.6. The zero-order chi connectivity index (χ0) is 17.3. The molecule has 0 saturated heterocycles. The Kier molecular flexibility index (Phi) is 4.97. The highest BCUT2D eigenvalue weighted by Crippen LogP contribution is 2.51. The van der Waals surface area contributed by atoms with Gasteiger partial charge in [0.15, 0.2) is 5.69 Å². The summed E-state index contributed by atoms with van der Waals surface area (Å²) in [6, 6.07) is 0.223. The molecule has 1 fully saturated rings. The van der Waals surface area contributed by atoms with Gasteiger partial charge in [0.05, 0.1) is 6.10 Å². The molecule has 3 rings (SSSR count). The van der Waals surface area contributed by atoms with Gasteiger partial charge in [-0.1, -0.05) is 13.8 Å². The zero-order valence-electron chi connectivity index (χ0n) is 15.3.